The van der Waals surface area contributed by atoms with Gasteiger partial charge in [0.15, 0.2) is 0 Å². The summed E-state index contributed by atoms with van der Waals surface area (Å²) in [6, 6.07) is 13.5. The van der Waals surface area contributed by atoms with Gasteiger partial charge in [0.05, 0.1) is 27.7 Å². The molecule has 2 aromatic rings. The number of carbonyl (C=O) groups excluding carboxylic acids is 3. The van der Waals surface area contributed by atoms with Crippen molar-refractivity contribution in [1.82, 2.24) is 10.6 Å². The molecule has 10 heteroatoms. The molecule has 0 fully saturated rings. The number of rotatable bonds is 10. The minimum absolute atomic E-state index is 0.175. The number of anilines is 1. The summed E-state index contributed by atoms with van der Waals surface area (Å²) in [5, 5.41) is 19.5. The molecule has 2 unspecified atom stereocenters. The highest BCUT2D eigenvalue weighted by atomic mass is 28.3. The second kappa shape index (κ2) is 12.7. The van der Waals surface area contributed by atoms with Crippen LogP contribution in [-0.4, -0.2) is 56.4 Å². The predicted octanol–water partition coefficient (Wildman–Crippen LogP) is 3.31. The van der Waals surface area contributed by atoms with Crippen LogP contribution in [0.3, 0.4) is 0 Å². The quantitative estimate of drug-likeness (QED) is 0.350. The van der Waals surface area contributed by atoms with E-state index in [1.165, 1.54) is 12.3 Å². The second-order valence-corrected chi connectivity index (χ2v) is 15.9. The Morgan fingerprint density at radius 3 is 2.08 bits per heavy atom. The van der Waals surface area contributed by atoms with E-state index in [9.17, 15) is 19.5 Å². The molecule has 0 aliphatic heterocycles. The van der Waals surface area contributed by atoms with Gasteiger partial charge in [-0.05, 0) is 50.6 Å². The number of alkyl carbamates (subject to hydrolysis) is 1. The zero-order valence-electron chi connectivity index (χ0n) is 22.7. The van der Waals surface area contributed by atoms with Crippen LogP contribution in [0.4, 0.5) is 10.5 Å². The molecule has 202 valence electrons. The van der Waals surface area contributed by atoms with Gasteiger partial charge in [-0.15, -0.1) is 0 Å². The maximum atomic E-state index is 13.2. The fraction of sp³-hybridized carbons (Fsp3) is 0.444. The first-order chi connectivity index (χ1) is 17.2. The Labute approximate surface area is 219 Å². The third-order valence-corrected chi connectivity index (χ3v) is 7.40. The first-order valence-electron chi connectivity index (χ1n) is 12.2. The smallest absolute Gasteiger partial charge is 0.407 e. The van der Waals surface area contributed by atoms with Crippen molar-refractivity contribution in [2.45, 2.75) is 64.6 Å². The summed E-state index contributed by atoms with van der Waals surface area (Å²) in [7, 11) is 0.0568. The number of aliphatic hydroxyl groups excluding tert-OH is 1. The predicted molar refractivity (Wildman–Crippen MR) is 147 cm³/mol. The highest BCUT2D eigenvalue weighted by Gasteiger charge is 2.25. The van der Waals surface area contributed by atoms with Gasteiger partial charge >= 0.3 is 6.09 Å². The molecule has 0 heterocycles. The van der Waals surface area contributed by atoms with Gasteiger partial charge in [-0.1, -0.05) is 49.1 Å². The Morgan fingerprint density at radius 1 is 0.973 bits per heavy atom. The Morgan fingerprint density at radius 2 is 1.57 bits per heavy atom. The van der Waals surface area contributed by atoms with Crippen molar-refractivity contribution in [3.8, 4) is 5.75 Å². The Hall–Kier alpha value is -3.37. The molecule has 2 aromatic carbocycles. The van der Waals surface area contributed by atoms with Gasteiger partial charge in [-0.3, -0.25) is 9.59 Å². The molecule has 9 nitrogen and oxygen atoms in total. The molecule has 0 saturated heterocycles. The first-order valence-corrected chi connectivity index (χ1v) is 15.7. The van der Waals surface area contributed by atoms with Crippen molar-refractivity contribution in [1.29, 1.82) is 0 Å². The number of aliphatic hydroxyl groups is 1. The van der Waals surface area contributed by atoms with Crippen LogP contribution in [0.1, 0.15) is 38.8 Å². The van der Waals surface area contributed by atoms with Gasteiger partial charge in [0.2, 0.25) is 5.91 Å². The minimum Gasteiger partial charge on any atom is -0.497 e. The topological polar surface area (TPSA) is 126 Å². The SMILES string of the molecule is COc1ccc(C(NC(=O)CC(O)CNC(=O)OC(C)(C)C)C(=O)Nc2ccc([Si](C)(C)C)cc2)cc1. The molecule has 3 amide bonds. The van der Waals surface area contributed by atoms with Crippen molar-refractivity contribution < 1.29 is 29.0 Å². The lowest BCUT2D eigenvalue weighted by Crippen LogP contribution is -2.41. The Kier molecular flexibility index (Phi) is 10.3. The monoisotopic (exact) mass is 529 g/mol. The maximum Gasteiger partial charge on any atom is 0.407 e. The van der Waals surface area contributed by atoms with Gasteiger partial charge in [0.1, 0.15) is 17.4 Å². The molecule has 0 aliphatic carbocycles. The highest BCUT2D eigenvalue weighted by molar-refractivity contribution is 6.88. The zero-order valence-corrected chi connectivity index (χ0v) is 23.7. The second-order valence-electron chi connectivity index (χ2n) is 10.8. The van der Waals surface area contributed by atoms with Crippen LogP contribution in [0.2, 0.25) is 19.6 Å². The van der Waals surface area contributed by atoms with Crippen molar-refractivity contribution in [3.05, 3.63) is 54.1 Å². The van der Waals surface area contributed by atoms with Crippen LogP contribution < -0.4 is 25.9 Å². The van der Waals surface area contributed by atoms with Gasteiger partial charge in [-0.25, -0.2) is 4.79 Å². The summed E-state index contributed by atoms with van der Waals surface area (Å²) in [4.78, 5) is 37.8. The van der Waals surface area contributed by atoms with Gasteiger partial charge < -0.3 is 30.5 Å². The van der Waals surface area contributed by atoms with E-state index in [0.717, 1.165) is 0 Å². The number of carbonyl (C=O) groups is 3. The fourth-order valence-electron chi connectivity index (χ4n) is 3.39. The normalized spacial score (nSPS) is 13.2. The lowest BCUT2D eigenvalue weighted by atomic mass is 10.0. The van der Waals surface area contributed by atoms with Gasteiger partial charge in [-0.2, -0.15) is 0 Å². The first kappa shape index (κ1) is 29.9. The molecule has 37 heavy (non-hydrogen) atoms. The van der Waals surface area contributed by atoms with Crippen LogP contribution in [0.5, 0.6) is 5.75 Å². The standard InChI is InChI=1S/C27H39N3O6Si/c1-27(2,3)36-26(34)28-17-20(31)16-23(32)30-24(18-8-12-21(35-4)13-9-18)25(33)29-19-10-14-22(15-11-19)37(5,6)7/h8-15,20,24,31H,16-17H2,1-7H3,(H,28,34)(H,29,33)(H,30,32). The molecule has 0 spiro atoms. The molecule has 0 saturated carbocycles. The van der Waals surface area contributed by atoms with E-state index in [4.69, 9.17) is 9.47 Å². The van der Waals surface area contributed by atoms with E-state index in [0.29, 0.717) is 17.0 Å². The summed E-state index contributed by atoms with van der Waals surface area (Å²) in [6.07, 6.45) is -2.18. The number of nitrogens with one attached hydrogen (secondary N) is 3. The van der Waals surface area contributed by atoms with Gasteiger partial charge in [0.25, 0.3) is 5.91 Å². The average molecular weight is 530 g/mol. The van der Waals surface area contributed by atoms with E-state index in [-0.39, 0.29) is 13.0 Å². The fourth-order valence-corrected chi connectivity index (χ4v) is 4.55. The Balaban J connectivity index is 2.09. The number of methoxy groups -OCH3 is 1. The molecule has 2 rings (SSSR count). The molecule has 4 N–H and O–H groups in total. The molecular weight excluding hydrogens is 490 g/mol. The molecule has 0 aromatic heterocycles. The highest BCUT2D eigenvalue weighted by Crippen LogP contribution is 2.20. The molecule has 0 bridgehead atoms. The lowest BCUT2D eigenvalue weighted by molar-refractivity contribution is -0.128. The average Bonchev–Trinajstić information content (AvgIpc) is 2.80. The van der Waals surface area contributed by atoms with Crippen molar-refractivity contribution in [3.63, 3.8) is 0 Å². The van der Waals surface area contributed by atoms with Crippen molar-refractivity contribution in [2.24, 2.45) is 0 Å². The van der Waals surface area contributed by atoms with Crippen molar-refractivity contribution >= 4 is 36.9 Å². The van der Waals surface area contributed by atoms with E-state index in [1.807, 2.05) is 24.3 Å². The van der Waals surface area contributed by atoms with E-state index in [1.54, 1.807) is 45.0 Å². The summed E-state index contributed by atoms with van der Waals surface area (Å²) in [5.41, 5.74) is 0.480. The number of ether oxygens (including phenoxy) is 2. The number of hydrogen-bond donors (Lipinski definition) is 4. The van der Waals surface area contributed by atoms with Crippen LogP contribution in [0, 0.1) is 0 Å². The third kappa shape index (κ3) is 10.3. The van der Waals surface area contributed by atoms with Crippen LogP contribution in [-0.2, 0) is 14.3 Å². The zero-order chi connectivity index (χ0) is 27.8. The molecule has 0 radical (unpaired) electrons. The molecule has 2 atom stereocenters. The van der Waals surface area contributed by atoms with Crippen LogP contribution in [0.15, 0.2) is 48.5 Å². The third-order valence-electron chi connectivity index (χ3n) is 5.34. The molecular formula is C27H39N3O6Si. The maximum absolute atomic E-state index is 13.2. The summed E-state index contributed by atoms with van der Waals surface area (Å²) in [6.45, 7) is 11.7. The summed E-state index contributed by atoms with van der Waals surface area (Å²) >= 11 is 0. The van der Waals surface area contributed by atoms with Crippen LogP contribution in [0.25, 0.3) is 0 Å². The largest absolute Gasteiger partial charge is 0.497 e. The van der Waals surface area contributed by atoms with Crippen LogP contribution >= 0.6 is 0 Å². The van der Waals surface area contributed by atoms with E-state index >= 15 is 0 Å². The summed E-state index contributed by atoms with van der Waals surface area (Å²) < 4.78 is 10.3. The molecule has 0 aliphatic rings. The van der Waals surface area contributed by atoms with Crippen molar-refractivity contribution in [2.75, 3.05) is 19.0 Å². The number of hydrogen-bond acceptors (Lipinski definition) is 6. The Bertz CT molecular complexity index is 1060. The number of benzene rings is 2. The summed E-state index contributed by atoms with van der Waals surface area (Å²) in [5.74, 6) is -0.371. The minimum atomic E-state index is -1.48. The lowest BCUT2D eigenvalue weighted by Gasteiger charge is -2.22. The number of amides is 3. The van der Waals surface area contributed by atoms with E-state index in [2.05, 4.69) is 35.6 Å². The van der Waals surface area contributed by atoms with Gasteiger partial charge in [0, 0.05) is 12.2 Å². The van der Waals surface area contributed by atoms with E-state index < -0.39 is 43.7 Å².